The van der Waals surface area contributed by atoms with Gasteiger partial charge in [0, 0.05) is 6.61 Å². The Morgan fingerprint density at radius 1 is 1.05 bits per heavy atom. The van der Waals surface area contributed by atoms with Crippen LogP contribution >= 0.6 is 45.9 Å². The van der Waals surface area contributed by atoms with Gasteiger partial charge in [0.15, 0.2) is 0 Å². The van der Waals surface area contributed by atoms with Gasteiger partial charge in [-0.05, 0) is 61.8 Å². The first kappa shape index (κ1) is 19.0. The molecule has 1 aromatic carbocycles. The maximum atomic E-state index is 6.04. The van der Waals surface area contributed by atoms with Crippen LogP contribution in [-0.4, -0.2) is 23.8 Å². The average molecular weight is 515 g/mol. The van der Waals surface area contributed by atoms with Gasteiger partial charge >= 0.3 is 0 Å². The quantitative estimate of drug-likeness (QED) is 0.243. The van der Waals surface area contributed by atoms with E-state index in [0.717, 1.165) is 24.8 Å². The molecule has 0 N–H and O–H groups in total. The molecule has 6 heteroatoms. The topological polar surface area (TPSA) is 18.5 Å². The van der Waals surface area contributed by atoms with E-state index >= 15 is 0 Å². The molecule has 1 aliphatic rings. The molecule has 0 amide bonds. The number of benzene rings is 1. The van der Waals surface area contributed by atoms with E-state index in [2.05, 4.69) is 70.1 Å². The summed E-state index contributed by atoms with van der Waals surface area (Å²) < 4.78 is 9.80. The zero-order chi connectivity index (χ0) is 16.0. The van der Waals surface area contributed by atoms with Crippen LogP contribution in [0.1, 0.15) is 43.6 Å². The van der Waals surface area contributed by atoms with Crippen LogP contribution in [-0.2, 0) is 4.74 Å². The summed E-state index contributed by atoms with van der Waals surface area (Å²) in [4.78, 5) is 0. The van der Waals surface area contributed by atoms with E-state index in [9.17, 15) is 0 Å². The van der Waals surface area contributed by atoms with E-state index in [1.807, 2.05) is 0 Å². The van der Waals surface area contributed by atoms with Crippen LogP contribution in [0.15, 0.2) is 24.3 Å². The summed E-state index contributed by atoms with van der Waals surface area (Å²) in [6.45, 7) is 0.870. The highest BCUT2D eigenvalue weighted by molar-refractivity contribution is 9.72. The molecule has 2 nitrogen and oxygen atoms in total. The van der Waals surface area contributed by atoms with Gasteiger partial charge in [0.2, 0.25) is 0 Å². The first-order valence-electron chi connectivity index (χ1n) is 7.80. The second-order valence-corrected chi connectivity index (χ2v) is 29.3. The first-order valence-corrected chi connectivity index (χ1v) is 16.8. The van der Waals surface area contributed by atoms with Crippen molar-refractivity contribution in [2.45, 2.75) is 50.2 Å². The number of ether oxygens (including phenoxy) is 2. The van der Waals surface area contributed by atoms with Crippen molar-refractivity contribution in [3.63, 3.8) is 0 Å². The summed E-state index contributed by atoms with van der Waals surface area (Å²) in [5.41, 5.74) is 1.44. The SMILES string of the molecule is COc1ccc(C2CCC(OCCC[Si](Br)(Br)Br)CC2)cc1. The Morgan fingerprint density at radius 3 is 2.23 bits per heavy atom. The molecule has 22 heavy (non-hydrogen) atoms. The minimum atomic E-state index is -1.46. The fourth-order valence-electron chi connectivity index (χ4n) is 2.96. The molecule has 0 bridgehead atoms. The highest BCUT2D eigenvalue weighted by atomic mass is 80.0. The van der Waals surface area contributed by atoms with Crippen molar-refractivity contribution in [3.05, 3.63) is 29.8 Å². The third-order valence-corrected chi connectivity index (χ3v) is 8.71. The van der Waals surface area contributed by atoms with Crippen molar-refractivity contribution < 1.29 is 9.47 Å². The maximum absolute atomic E-state index is 6.04. The zero-order valence-electron chi connectivity index (χ0n) is 12.9. The molecule has 124 valence electrons. The number of hydrogen-bond acceptors (Lipinski definition) is 2. The van der Waals surface area contributed by atoms with Crippen molar-refractivity contribution in [2.75, 3.05) is 13.7 Å². The van der Waals surface area contributed by atoms with Gasteiger partial charge in [0.1, 0.15) is 5.75 Å². The molecule has 2 rings (SSSR count). The normalized spacial score (nSPS) is 22.5. The molecular formula is C16H23Br3O2Si. The summed E-state index contributed by atoms with van der Waals surface area (Å²) >= 11 is 11.0. The van der Waals surface area contributed by atoms with Crippen LogP contribution in [0, 0.1) is 0 Å². The van der Waals surface area contributed by atoms with Gasteiger partial charge in [-0.25, -0.2) is 0 Å². The Kier molecular flexibility index (Phi) is 7.94. The lowest BCUT2D eigenvalue weighted by Crippen LogP contribution is -2.21. The number of methoxy groups -OCH3 is 1. The van der Waals surface area contributed by atoms with Crippen molar-refractivity contribution in [1.29, 1.82) is 0 Å². The molecule has 0 unspecified atom stereocenters. The molecule has 1 aliphatic carbocycles. The van der Waals surface area contributed by atoms with Crippen LogP contribution in [0.4, 0.5) is 0 Å². The van der Waals surface area contributed by atoms with E-state index < -0.39 is 3.93 Å². The van der Waals surface area contributed by atoms with Crippen molar-refractivity contribution in [2.24, 2.45) is 0 Å². The van der Waals surface area contributed by atoms with E-state index in [1.54, 1.807) is 7.11 Å². The van der Waals surface area contributed by atoms with Gasteiger partial charge in [0.05, 0.1) is 13.2 Å². The zero-order valence-corrected chi connectivity index (χ0v) is 18.6. The molecule has 1 saturated carbocycles. The lowest BCUT2D eigenvalue weighted by molar-refractivity contribution is 0.0251. The summed E-state index contributed by atoms with van der Waals surface area (Å²) in [5.74, 6) is 1.62. The van der Waals surface area contributed by atoms with Gasteiger partial charge in [-0.3, -0.25) is 0 Å². The molecule has 0 heterocycles. The average Bonchev–Trinajstić information content (AvgIpc) is 2.51. The van der Waals surface area contributed by atoms with Gasteiger partial charge in [-0.2, -0.15) is 0 Å². The molecule has 0 radical (unpaired) electrons. The molecule has 0 aliphatic heterocycles. The minimum absolute atomic E-state index is 0.451. The molecule has 1 fully saturated rings. The van der Waals surface area contributed by atoms with Gasteiger partial charge < -0.3 is 9.47 Å². The second-order valence-electron chi connectivity index (χ2n) is 5.84. The third-order valence-electron chi connectivity index (χ3n) is 4.22. The Morgan fingerprint density at radius 2 is 1.68 bits per heavy atom. The van der Waals surface area contributed by atoms with Crippen molar-refractivity contribution in [1.82, 2.24) is 0 Å². The molecule has 1 aromatic rings. The van der Waals surface area contributed by atoms with Crippen LogP contribution in [0.2, 0.25) is 6.04 Å². The summed E-state index contributed by atoms with van der Waals surface area (Å²) in [6.07, 6.45) is 6.36. The highest BCUT2D eigenvalue weighted by Gasteiger charge is 2.24. The molecule has 0 atom stereocenters. The molecule has 0 spiro atoms. The lowest BCUT2D eigenvalue weighted by Gasteiger charge is -2.29. The predicted molar refractivity (Wildman–Crippen MR) is 106 cm³/mol. The maximum Gasteiger partial charge on any atom is 0.267 e. The summed E-state index contributed by atoms with van der Waals surface area (Å²) in [5, 5.41) is 0. The van der Waals surface area contributed by atoms with Gasteiger partial charge in [-0.1, -0.05) is 58.0 Å². The Hall–Kier alpha value is 0.637. The van der Waals surface area contributed by atoms with Crippen molar-refractivity contribution in [3.8, 4) is 5.75 Å². The summed E-state index contributed by atoms with van der Waals surface area (Å²) in [7, 11) is 1.71. The Bertz CT molecular complexity index is 440. The van der Waals surface area contributed by atoms with Crippen LogP contribution in [0.5, 0.6) is 5.75 Å². The second kappa shape index (κ2) is 9.21. The number of halogens is 3. The smallest absolute Gasteiger partial charge is 0.267 e. The first-order chi connectivity index (χ1) is 10.5. The van der Waals surface area contributed by atoms with Crippen LogP contribution in [0.3, 0.4) is 0 Å². The Balaban J connectivity index is 1.69. The number of hydrogen-bond donors (Lipinski definition) is 0. The fraction of sp³-hybridized carbons (Fsp3) is 0.625. The van der Waals surface area contributed by atoms with E-state index in [1.165, 1.54) is 31.2 Å². The van der Waals surface area contributed by atoms with E-state index in [4.69, 9.17) is 9.47 Å². The third kappa shape index (κ3) is 6.63. The summed E-state index contributed by atoms with van der Waals surface area (Å²) in [6, 6.07) is 9.67. The van der Waals surface area contributed by atoms with Crippen LogP contribution < -0.4 is 4.74 Å². The highest BCUT2D eigenvalue weighted by Crippen LogP contribution is 2.35. The minimum Gasteiger partial charge on any atom is -0.497 e. The monoisotopic (exact) mass is 512 g/mol. The predicted octanol–water partition coefficient (Wildman–Crippen LogP) is 6.25. The van der Waals surface area contributed by atoms with E-state index in [0.29, 0.717) is 12.0 Å². The van der Waals surface area contributed by atoms with Gasteiger partial charge in [0.25, 0.3) is 3.93 Å². The molecule has 0 saturated heterocycles. The lowest BCUT2D eigenvalue weighted by atomic mass is 9.83. The van der Waals surface area contributed by atoms with E-state index in [-0.39, 0.29) is 0 Å². The Labute approximate surface area is 158 Å². The van der Waals surface area contributed by atoms with Crippen molar-refractivity contribution >= 4 is 49.8 Å². The standard InChI is InChI=1S/C16H23Br3O2Si/c1-20-15-7-3-13(4-8-15)14-5-9-16(10-6-14)21-11-2-12-22(17,18)19/h3-4,7-8,14,16H,2,5-6,9-12H2,1H3. The largest absolute Gasteiger partial charge is 0.497 e. The number of rotatable bonds is 7. The fourth-order valence-corrected chi connectivity index (χ4v) is 6.03. The van der Waals surface area contributed by atoms with Gasteiger partial charge in [-0.15, -0.1) is 0 Å². The molecular weight excluding hydrogens is 492 g/mol. The van der Waals surface area contributed by atoms with Crippen LogP contribution in [0.25, 0.3) is 0 Å². The molecule has 0 aromatic heterocycles.